The van der Waals surface area contributed by atoms with E-state index in [0.717, 1.165) is 71.2 Å². The maximum Gasteiger partial charge on any atom is 0.161 e. The smallest absolute Gasteiger partial charge is 0.161 e. The zero-order valence-electron chi connectivity index (χ0n) is 18.1. The predicted octanol–water partition coefficient (Wildman–Crippen LogP) is 5.39. The third kappa shape index (κ3) is 3.05. The first-order chi connectivity index (χ1) is 15.7. The highest BCUT2D eigenvalue weighted by molar-refractivity contribution is 6.07. The lowest BCUT2D eigenvalue weighted by molar-refractivity contribution is -0.116. The SMILES string of the molecule is O=C1CCCC2=C1C(c1cn(Cc3ccccc3)c3ccccc13)C1=C(CCCC1=O)N2. The molecule has 0 bridgehead atoms. The van der Waals surface area contributed by atoms with Crippen molar-refractivity contribution in [3.63, 3.8) is 0 Å². The van der Waals surface area contributed by atoms with E-state index in [9.17, 15) is 9.59 Å². The van der Waals surface area contributed by atoms with Crippen LogP contribution in [0.3, 0.4) is 0 Å². The van der Waals surface area contributed by atoms with E-state index >= 15 is 0 Å². The van der Waals surface area contributed by atoms with Gasteiger partial charge in [0.05, 0.1) is 0 Å². The Balaban J connectivity index is 1.57. The number of fused-ring (bicyclic) bond motifs is 1. The molecule has 32 heavy (non-hydrogen) atoms. The van der Waals surface area contributed by atoms with Gasteiger partial charge in [0.25, 0.3) is 0 Å². The van der Waals surface area contributed by atoms with E-state index in [1.54, 1.807) is 0 Å². The summed E-state index contributed by atoms with van der Waals surface area (Å²) in [5.41, 5.74) is 7.19. The number of carbonyl (C=O) groups is 2. The van der Waals surface area contributed by atoms with Gasteiger partial charge in [0, 0.05) is 64.9 Å². The molecule has 4 heteroatoms. The summed E-state index contributed by atoms with van der Waals surface area (Å²) in [7, 11) is 0. The Morgan fingerprint density at radius 1 is 0.781 bits per heavy atom. The van der Waals surface area contributed by atoms with Crippen LogP contribution in [0.4, 0.5) is 0 Å². The van der Waals surface area contributed by atoms with Crippen LogP contribution in [0.25, 0.3) is 10.9 Å². The Hall–Kier alpha value is -3.40. The number of allylic oxidation sites excluding steroid dienone is 4. The highest BCUT2D eigenvalue weighted by Gasteiger charge is 2.41. The number of para-hydroxylation sites is 1. The fraction of sp³-hybridized carbons (Fsp3) is 0.286. The molecule has 0 atom stereocenters. The summed E-state index contributed by atoms with van der Waals surface area (Å²) < 4.78 is 2.27. The first-order valence-corrected chi connectivity index (χ1v) is 11.6. The van der Waals surface area contributed by atoms with Crippen LogP contribution in [-0.4, -0.2) is 16.1 Å². The summed E-state index contributed by atoms with van der Waals surface area (Å²) in [5, 5.41) is 4.65. The maximum atomic E-state index is 13.2. The highest BCUT2D eigenvalue weighted by atomic mass is 16.1. The lowest BCUT2D eigenvalue weighted by Crippen LogP contribution is -2.36. The van der Waals surface area contributed by atoms with Gasteiger partial charge in [0.15, 0.2) is 11.6 Å². The minimum atomic E-state index is -0.260. The van der Waals surface area contributed by atoms with E-state index < -0.39 is 0 Å². The van der Waals surface area contributed by atoms with Crippen molar-refractivity contribution >= 4 is 22.5 Å². The van der Waals surface area contributed by atoms with Crippen LogP contribution in [0, 0.1) is 0 Å². The Morgan fingerprint density at radius 2 is 1.41 bits per heavy atom. The van der Waals surface area contributed by atoms with Crippen LogP contribution in [-0.2, 0) is 16.1 Å². The van der Waals surface area contributed by atoms with Gasteiger partial charge in [-0.15, -0.1) is 0 Å². The van der Waals surface area contributed by atoms with Crippen LogP contribution in [0.1, 0.15) is 55.6 Å². The summed E-state index contributed by atoms with van der Waals surface area (Å²) in [6, 6.07) is 18.8. The Bertz CT molecular complexity index is 1270. The molecule has 1 aliphatic heterocycles. The quantitative estimate of drug-likeness (QED) is 0.616. The number of ketones is 2. The molecular weight excluding hydrogens is 396 g/mol. The molecular formula is C28H26N2O2. The molecule has 4 nitrogen and oxygen atoms in total. The molecule has 0 unspecified atom stereocenters. The van der Waals surface area contributed by atoms with Gasteiger partial charge in [-0.2, -0.15) is 0 Å². The van der Waals surface area contributed by atoms with E-state index in [2.05, 4.69) is 64.6 Å². The Labute approximate surface area is 187 Å². The monoisotopic (exact) mass is 422 g/mol. The van der Waals surface area contributed by atoms with Gasteiger partial charge >= 0.3 is 0 Å². The Kier molecular flexibility index (Phi) is 4.60. The highest BCUT2D eigenvalue weighted by Crippen LogP contribution is 2.47. The fourth-order valence-corrected chi connectivity index (χ4v) is 5.71. The number of aromatic nitrogens is 1. The zero-order chi connectivity index (χ0) is 21.7. The number of hydrogen-bond acceptors (Lipinski definition) is 3. The number of rotatable bonds is 3. The van der Waals surface area contributed by atoms with E-state index in [0.29, 0.717) is 12.8 Å². The number of dihydropyridines is 1. The summed E-state index contributed by atoms with van der Waals surface area (Å²) in [4.78, 5) is 26.4. The van der Waals surface area contributed by atoms with Gasteiger partial charge in [0.1, 0.15) is 0 Å². The zero-order valence-corrected chi connectivity index (χ0v) is 18.1. The molecule has 3 aliphatic rings. The Morgan fingerprint density at radius 3 is 2.09 bits per heavy atom. The number of nitrogens with one attached hydrogen (secondary N) is 1. The third-order valence-electron chi connectivity index (χ3n) is 7.12. The van der Waals surface area contributed by atoms with Crippen LogP contribution >= 0.6 is 0 Å². The third-order valence-corrected chi connectivity index (χ3v) is 7.12. The number of Topliss-reactive ketones (excluding diaryl/α,β-unsaturated/α-hetero) is 2. The van der Waals surface area contributed by atoms with Gasteiger partial charge in [-0.25, -0.2) is 0 Å². The molecule has 2 aromatic carbocycles. The van der Waals surface area contributed by atoms with Gasteiger partial charge < -0.3 is 9.88 Å². The molecule has 6 rings (SSSR count). The van der Waals surface area contributed by atoms with Crippen molar-refractivity contribution < 1.29 is 9.59 Å². The molecule has 1 N–H and O–H groups in total. The molecule has 1 aromatic heterocycles. The van der Waals surface area contributed by atoms with Crippen LogP contribution < -0.4 is 5.32 Å². The van der Waals surface area contributed by atoms with Crippen LogP contribution in [0.15, 0.2) is 83.3 Å². The number of carbonyl (C=O) groups excluding carboxylic acids is 2. The lowest BCUT2D eigenvalue weighted by Gasteiger charge is -2.37. The van der Waals surface area contributed by atoms with E-state index in [-0.39, 0.29) is 17.5 Å². The number of benzene rings is 2. The normalized spacial score (nSPS) is 19.2. The van der Waals surface area contributed by atoms with Gasteiger partial charge in [-0.3, -0.25) is 9.59 Å². The van der Waals surface area contributed by atoms with Crippen LogP contribution in [0.5, 0.6) is 0 Å². The molecule has 0 saturated carbocycles. The largest absolute Gasteiger partial charge is 0.362 e. The van der Waals surface area contributed by atoms with Gasteiger partial charge in [0.2, 0.25) is 0 Å². The molecule has 0 fully saturated rings. The van der Waals surface area contributed by atoms with Crippen molar-refractivity contribution in [2.45, 2.75) is 51.0 Å². The van der Waals surface area contributed by atoms with E-state index in [4.69, 9.17) is 0 Å². The minimum Gasteiger partial charge on any atom is -0.362 e. The fourth-order valence-electron chi connectivity index (χ4n) is 5.71. The van der Waals surface area contributed by atoms with Crippen molar-refractivity contribution in [2.75, 3.05) is 0 Å². The van der Waals surface area contributed by atoms with Gasteiger partial charge in [-0.1, -0.05) is 48.5 Å². The summed E-state index contributed by atoms with van der Waals surface area (Å²) in [6.45, 7) is 0.756. The first kappa shape index (κ1) is 19.3. The second-order valence-electron chi connectivity index (χ2n) is 9.11. The predicted molar refractivity (Wildman–Crippen MR) is 125 cm³/mol. The molecule has 0 spiro atoms. The standard InChI is InChI=1S/C28H26N2O2/c31-24-14-6-11-21-27(24)26(28-22(29-21)12-7-15-25(28)32)20-17-30(16-18-8-2-1-3-9-18)23-13-5-4-10-19(20)23/h1-5,8-10,13,17,26,29H,6-7,11-12,14-16H2. The summed E-state index contributed by atoms with van der Waals surface area (Å²) >= 11 is 0. The average Bonchev–Trinajstić information content (AvgIpc) is 3.17. The summed E-state index contributed by atoms with van der Waals surface area (Å²) in [6.07, 6.45) is 6.84. The molecule has 0 radical (unpaired) electrons. The number of hydrogen-bond donors (Lipinski definition) is 1. The number of nitrogens with zero attached hydrogens (tertiary/aromatic N) is 1. The molecule has 0 amide bonds. The second kappa shape index (κ2) is 7.63. The van der Waals surface area contributed by atoms with Crippen molar-refractivity contribution in [1.82, 2.24) is 9.88 Å². The first-order valence-electron chi connectivity index (χ1n) is 11.6. The lowest BCUT2D eigenvalue weighted by atomic mass is 9.71. The minimum absolute atomic E-state index is 0.188. The van der Waals surface area contributed by atoms with E-state index in [1.807, 2.05) is 6.07 Å². The van der Waals surface area contributed by atoms with Crippen molar-refractivity contribution in [2.24, 2.45) is 0 Å². The topological polar surface area (TPSA) is 51.1 Å². The molecule has 2 aliphatic carbocycles. The van der Waals surface area contributed by atoms with Crippen LogP contribution in [0.2, 0.25) is 0 Å². The second-order valence-corrected chi connectivity index (χ2v) is 9.11. The van der Waals surface area contributed by atoms with Crippen molar-refractivity contribution in [3.05, 3.63) is 94.5 Å². The maximum absolute atomic E-state index is 13.2. The summed E-state index contributed by atoms with van der Waals surface area (Å²) in [5.74, 6) is 0.117. The average molecular weight is 423 g/mol. The van der Waals surface area contributed by atoms with Crippen molar-refractivity contribution in [1.29, 1.82) is 0 Å². The van der Waals surface area contributed by atoms with Gasteiger partial charge in [-0.05, 0) is 42.9 Å². The molecule has 0 saturated heterocycles. The van der Waals surface area contributed by atoms with Crippen molar-refractivity contribution in [3.8, 4) is 0 Å². The van der Waals surface area contributed by atoms with E-state index in [1.165, 1.54) is 5.56 Å². The molecule has 3 aromatic rings. The molecule has 2 heterocycles. The molecule has 160 valence electrons.